The van der Waals surface area contributed by atoms with Crippen molar-refractivity contribution in [3.8, 4) is 11.8 Å². The number of amides is 1. The lowest BCUT2D eigenvalue weighted by Gasteiger charge is -2.08. The van der Waals surface area contributed by atoms with E-state index in [1.807, 2.05) is 13.0 Å². The number of aryl methyl sites for hydroxylation is 1. The molecule has 6 heteroatoms. The predicted octanol–water partition coefficient (Wildman–Crippen LogP) is 0.470. The zero-order chi connectivity index (χ0) is 15.9. The van der Waals surface area contributed by atoms with Gasteiger partial charge >= 0.3 is 0 Å². The fourth-order valence-corrected chi connectivity index (χ4v) is 2.40. The summed E-state index contributed by atoms with van der Waals surface area (Å²) in [5, 5.41) is 2.71. The molecule has 5 nitrogen and oxygen atoms in total. The molecule has 0 fully saturated rings. The second-order valence-corrected chi connectivity index (χ2v) is 7.05. The first-order chi connectivity index (χ1) is 9.83. The SMILES string of the molecule is Cc1ccc(C#CCN)c(C(=O)NCCCS(C)(=O)=O)c1. The molecule has 21 heavy (non-hydrogen) atoms. The van der Waals surface area contributed by atoms with Crippen LogP contribution in [0.25, 0.3) is 0 Å². The Morgan fingerprint density at radius 1 is 1.38 bits per heavy atom. The second kappa shape index (κ2) is 7.81. The number of sulfone groups is 1. The Balaban J connectivity index is 2.75. The molecular weight excluding hydrogens is 288 g/mol. The van der Waals surface area contributed by atoms with Gasteiger partial charge in [0.25, 0.3) is 5.91 Å². The van der Waals surface area contributed by atoms with Crippen molar-refractivity contribution in [3.63, 3.8) is 0 Å². The molecule has 0 aliphatic rings. The van der Waals surface area contributed by atoms with Crippen molar-refractivity contribution in [2.45, 2.75) is 13.3 Å². The summed E-state index contributed by atoms with van der Waals surface area (Å²) in [6.07, 6.45) is 1.57. The number of hydrogen-bond acceptors (Lipinski definition) is 4. The molecule has 1 rings (SSSR count). The van der Waals surface area contributed by atoms with E-state index in [4.69, 9.17) is 5.73 Å². The molecule has 0 saturated heterocycles. The predicted molar refractivity (Wildman–Crippen MR) is 83.8 cm³/mol. The van der Waals surface area contributed by atoms with Gasteiger partial charge in [0.1, 0.15) is 9.84 Å². The van der Waals surface area contributed by atoms with Gasteiger partial charge in [-0.05, 0) is 25.5 Å². The first kappa shape index (κ1) is 17.2. The third kappa shape index (κ3) is 6.43. The van der Waals surface area contributed by atoms with Crippen LogP contribution in [0.1, 0.15) is 27.9 Å². The van der Waals surface area contributed by atoms with Crippen molar-refractivity contribution >= 4 is 15.7 Å². The number of hydrogen-bond donors (Lipinski definition) is 2. The Morgan fingerprint density at radius 3 is 2.71 bits per heavy atom. The smallest absolute Gasteiger partial charge is 0.252 e. The highest BCUT2D eigenvalue weighted by molar-refractivity contribution is 7.90. The number of nitrogens with two attached hydrogens (primary N) is 1. The van der Waals surface area contributed by atoms with Gasteiger partial charge in [-0.2, -0.15) is 0 Å². The second-order valence-electron chi connectivity index (χ2n) is 4.79. The molecule has 0 spiro atoms. The summed E-state index contributed by atoms with van der Waals surface area (Å²) >= 11 is 0. The number of carbonyl (C=O) groups excluding carboxylic acids is 1. The highest BCUT2D eigenvalue weighted by Gasteiger charge is 2.10. The minimum Gasteiger partial charge on any atom is -0.352 e. The third-order valence-electron chi connectivity index (χ3n) is 2.72. The van der Waals surface area contributed by atoms with E-state index in [-0.39, 0.29) is 18.2 Å². The molecule has 0 unspecified atom stereocenters. The Hall–Kier alpha value is -1.84. The van der Waals surface area contributed by atoms with Gasteiger partial charge in [-0.3, -0.25) is 4.79 Å². The van der Waals surface area contributed by atoms with Crippen LogP contribution in [0.5, 0.6) is 0 Å². The minimum atomic E-state index is -3.00. The Morgan fingerprint density at radius 2 is 2.10 bits per heavy atom. The highest BCUT2D eigenvalue weighted by atomic mass is 32.2. The van der Waals surface area contributed by atoms with Crippen LogP contribution in [-0.2, 0) is 9.84 Å². The van der Waals surface area contributed by atoms with Crippen molar-refractivity contribution in [1.82, 2.24) is 5.32 Å². The quantitative estimate of drug-likeness (QED) is 0.611. The van der Waals surface area contributed by atoms with Crippen LogP contribution in [0.3, 0.4) is 0 Å². The van der Waals surface area contributed by atoms with Crippen LogP contribution in [0.2, 0.25) is 0 Å². The minimum absolute atomic E-state index is 0.0565. The van der Waals surface area contributed by atoms with E-state index in [9.17, 15) is 13.2 Å². The van der Waals surface area contributed by atoms with Gasteiger partial charge in [0.15, 0.2) is 0 Å². The van der Waals surface area contributed by atoms with E-state index < -0.39 is 9.84 Å². The average Bonchev–Trinajstić information content (AvgIpc) is 2.41. The Kier molecular flexibility index (Phi) is 6.40. The summed E-state index contributed by atoms with van der Waals surface area (Å²) in [5.41, 5.74) is 7.39. The summed E-state index contributed by atoms with van der Waals surface area (Å²) in [6.45, 7) is 2.42. The van der Waals surface area contributed by atoms with Crippen LogP contribution < -0.4 is 11.1 Å². The summed E-state index contributed by atoms with van der Waals surface area (Å²) < 4.78 is 22.0. The Labute approximate surface area is 125 Å². The fourth-order valence-electron chi connectivity index (χ4n) is 1.73. The summed E-state index contributed by atoms with van der Waals surface area (Å²) in [6, 6.07) is 5.41. The first-order valence-electron chi connectivity index (χ1n) is 6.59. The first-order valence-corrected chi connectivity index (χ1v) is 8.65. The van der Waals surface area contributed by atoms with Crippen molar-refractivity contribution in [1.29, 1.82) is 0 Å². The van der Waals surface area contributed by atoms with E-state index >= 15 is 0 Å². The zero-order valence-corrected chi connectivity index (χ0v) is 13.1. The lowest BCUT2D eigenvalue weighted by atomic mass is 10.0. The molecule has 1 amide bonds. The standard InChI is InChI=1S/C15H20N2O3S/c1-12-6-7-13(5-3-8-16)14(11-12)15(18)17-9-4-10-21(2,19)20/h6-7,11H,4,8-10,16H2,1-2H3,(H,17,18). The Bertz CT molecular complexity index is 670. The number of benzene rings is 1. The number of rotatable bonds is 5. The molecule has 0 radical (unpaired) electrons. The monoisotopic (exact) mass is 308 g/mol. The summed E-state index contributed by atoms with van der Waals surface area (Å²) in [5.74, 6) is 5.39. The average molecular weight is 308 g/mol. The van der Waals surface area contributed by atoms with Crippen molar-refractivity contribution < 1.29 is 13.2 Å². The van der Waals surface area contributed by atoms with Crippen molar-refractivity contribution in [2.75, 3.05) is 25.1 Å². The maximum Gasteiger partial charge on any atom is 0.252 e. The number of nitrogens with one attached hydrogen (secondary N) is 1. The topological polar surface area (TPSA) is 89.3 Å². The molecule has 3 N–H and O–H groups in total. The molecule has 114 valence electrons. The van der Waals surface area contributed by atoms with Gasteiger partial charge in [-0.1, -0.05) is 23.5 Å². The molecule has 1 aromatic rings. The van der Waals surface area contributed by atoms with E-state index in [0.29, 0.717) is 24.1 Å². The maximum atomic E-state index is 12.1. The van der Waals surface area contributed by atoms with Gasteiger partial charge in [0, 0.05) is 18.4 Å². The normalized spacial score (nSPS) is 10.6. The van der Waals surface area contributed by atoms with E-state index in [0.717, 1.165) is 5.56 Å². The molecular formula is C15H20N2O3S. The van der Waals surface area contributed by atoms with Crippen LogP contribution >= 0.6 is 0 Å². The molecule has 0 heterocycles. The van der Waals surface area contributed by atoms with E-state index in [2.05, 4.69) is 17.2 Å². The lowest BCUT2D eigenvalue weighted by Crippen LogP contribution is -2.26. The highest BCUT2D eigenvalue weighted by Crippen LogP contribution is 2.10. The summed E-state index contributed by atoms with van der Waals surface area (Å²) in [7, 11) is -3.00. The lowest BCUT2D eigenvalue weighted by molar-refractivity contribution is 0.0953. The van der Waals surface area contributed by atoms with Gasteiger partial charge in [0.05, 0.1) is 17.9 Å². The van der Waals surface area contributed by atoms with E-state index in [1.165, 1.54) is 6.26 Å². The number of carbonyl (C=O) groups is 1. The maximum absolute atomic E-state index is 12.1. The molecule has 0 atom stereocenters. The van der Waals surface area contributed by atoms with Crippen LogP contribution in [0.15, 0.2) is 18.2 Å². The molecule has 0 aliphatic heterocycles. The largest absolute Gasteiger partial charge is 0.352 e. The molecule has 1 aromatic carbocycles. The molecule has 0 aromatic heterocycles. The van der Waals surface area contributed by atoms with Crippen LogP contribution in [0, 0.1) is 18.8 Å². The third-order valence-corrected chi connectivity index (χ3v) is 3.75. The zero-order valence-electron chi connectivity index (χ0n) is 12.3. The van der Waals surface area contributed by atoms with Crippen LogP contribution in [-0.4, -0.2) is 39.4 Å². The van der Waals surface area contributed by atoms with Crippen LogP contribution in [0.4, 0.5) is 0 Å². The molecule has 0 aliphatic carbocycles. The molecule has 0 bridgehead atoms. The van der Waals surface area contributed by atoms with E-state index in [1.54, 1.807) is 12.1 Å². The fraction of sp³-hybridized carbons (Fsp3) is 0.400. The van der Waals surface area contributed by atoms with Gasteiger partial charge < -0.3 is 11.1 Å². The van der Waals surface area contributed by atoms with Crippen molar-refractivity contribution in [3.05, 3.63) is 34.9 Å². The van der Waals surface area contributed by atoms with Crippen molar-refractivity contribution in [2.24, 2.45) is 5.73 Å². The van der Waals surface area contributed by atoms with Gasteiger partial charge in [-0.15, -0.1) is 0 Å². The molecule has 0 saturated carbocycles. The van der Waals surface area contributed by atoms with Gasteiger partial charge in [0.2, 0.25) is 0 Å². The summed E-state index contributed by atoms with van der Waals surface area (Å²) in [4.78, 5) is 12.1. The van der Waals surface area contributed by atoms with Gasteiger partial charge in [-0.25, -0.2) is 8.42 Å².